The Morgan fingerprint density at radius 3 is 2.39 bits per heavy atom. The minimum absolute atomic E-state index is 0.232. The van der Waals surface area contributed by atoms with E-state index in [1.165, 1.54) is 16.8 Å². The van der Waals surface area contributed by atoms with E-state index in [9.17, 15) is 4.79 Å². The lowest BCUT2D eigenvalue weighted by Crippen LogP contribution is -2.44. The summed E-state index contributed by atoms with van der Waals surface area (Å²) in [6.45, 7) is 6.63. The Balaban J connectivity index is 1.23. The second kappa shape index (κ2) is 8.65. The van der Waals surface area contributed by atoms with Crippen LogP contribution in [-0.2, 0) is 17.8 Å². The van der Waals surface area contributed by atoms with Gasteiger partial charge in [-0.05, 0) is 48.9 Å². The van der Waals surface area contributed by atoms with Crippen LogP contribution in [0.1, 0.15) is 17.5 Å². The lowest BCUT2D eigenvalue weighted by molar-refractivity contribution is -0.131. The summed E-state index contributed by atoms with van der Waals surface area (Å²) in [5.74, 6) is 0.232. The van der Waals surface area contributed by atoms with Crippen LogP contribution in [0.25, 0.3) is 0 Å². The monoisotopic (exact) mass is 378 g/mol. The molecule has 1 saturated heterocycles. The van der Waals surface area contributed by atoms with Gasteiger partial charge in [0.15, 0.2) is 0 Å². The Labute approximate surface area is 167 Å². The number of hydrogen-bond donors (Lipinski definition) is 1. The molecular weight excluding hydrogens is 348 g/mol. The number of carbonyl (C=O) groups excluding carboxylic acids is 1. The van der Waals surface area contributed by atoms with Crippen molar-refractivity contribution >= 4 is 17.3 Å². The lowest BCUT2D eigenvalue weighted by atomic mass is 10.00. The average molecular weight is 379 g/mol. The van der Waals surface area contributed by atoms with Gasteiger partial charge in [-0.3, -0.25) is 4.79 Å². The number of amides is 1. The van der Waals surface area contributed by atoms with Crippen LogP contribution in [0.2, 0.25) is 0 Å². The standard InChI is InChI=1S/C23H30N4O/c1-25-14-16-26(17-15-25)22-8-6-21(7-9-22)24-12-10-23(28)27-13-11-19-4-2-3-5-20(19)18-27/h2-9,24H,10-18H2,1H3. The van der Waals surface area contributed by atoms with Crippen molar-refractivity contribution in [3.63, 3.8) is 0 Å². The first-order valence-corrected chi connectivity index (χ1v) is 10.3. The van der Waals surface area contributed by atoms with E-state index in [1.54, 1.807) is 0 Å². The molecule has 2 aliphatic rings. The molecule has 0 saturated carbocycles. The van der Waals surface area contributed by atoms with Gasteiger partial charge >= 0.3 is 0 Å². The highest BCUT2D eigenvalue weighted by atomic mass is 16.2. The van der Waals surface area contributed by atoms with Crippen LogP contribution < -0.4 is 10.2 Å². The minimum atomic E-state index is 0.232. The third-order valence-corrected chi connectivity index (χ3v) is 5.89. The number of nitrogens with one attached hydrogen (secondary N) is 1. The van der Waals surface area contributed by atoms with E-state index >= 15 is 0 Å². The number of rotatable bonds is 5. The van der Waals surface area contributed by atoms with E-state index in [0.29, 0.717) is 13.0 Å². The van der Waals surface area contributed by atoms with Gasteiger partial charge in [0.2, 0.25) is 5.91 Å². The summed E-state index contributed by atoms with van der Waals surface area (Å²) in [6, 6.07) is 17.0. The number of carbonyl (C=O) groups is 1. The molecule has 2 aromatic carbocycles. The third kappa shape index (κ3) is 4.47. The molecule has 0 aliphatic carbocycles. The fraction of sp³-hybridized carbons (Fsp3) is 0.435. The number of hydrogen-bond acceptors (Lipinski definition) is 4. The maximum absolute atomic E-state index is 12.6. The molecule has 5 nitrogen and oxygen atoms in total. The van der Waals surface area contributed by atoms with Gasteiger partial charge in [0.05, 0.1) is 0 Å². The van der Waals surface area contributed by atoms with Gasteiger partial charge in [0, 0.05) is 63.6 Å². The van der Waals surface area contributed by atoms with E-state index in [2.05, 4.69) is 70.7 Å². The van der Waals surface area contributed by atoms with E-state index in [-0.39, 0.29) is 5.91 Å². The van der Waals surface area contributed by atoms with E-state index < -0.39 is 0 Å². The maximum Gasteiger partial charge on any atom is 0.224 e. The molecule has 2 aliphatic heterocycles. The summed E-state index contributed by atoms with van der Waals surface area (Å²) in [5, 5.41) is 3.40. The zero-order valence-electron chi connectivity index (χ0n) is 16.7. The Hall–Kier alpha value is -2.53. The molecule has 0 unspecified atom stereocenters. The first-order valence-electron chi connectivity index (χ1n) is 10.3. The molecule has 4 rings (SSSR count). The number of piperazine rings is 1. The maximum atomic E-state index is 12.6. The second-order valence-electron chi connectivity index (χ2n) is 7.85. The number of benzene rings is 2. The molecule has 0 radical (unpaired) electrons. The number of nitrogens with zero attached hydrogens (tertiary/aromatic N) is 3. The molecular formula is C23H30N4O. The third-order valence-electron chi connectivity index (χ3n) is 5.89. The molecule has 1 fully saturated rings. The lowest BCUT2D eigenvalue weighted by Gasteiger charge is -2.34. The van der Waals surface area contributed by atoms with Crippen LogP contribution in [0, 0.1) is 0 Å². The van der Waals surface area contributed by atoms with Gasteiger partial charge < -0.3 is 20.0 Å². The van der Waals surface area contributed by atoms with Crippen LogP contribution >= 0.6 is 0 Å². The Morgan fingerprint density at radius 2 is 1.64 bits per heavy atom. The van der Waals surface area contributed by atoms with Crippen molar-refractivity contribution in [3.8, 4) is 0 Å². The van der Waals surface area contributed by atoms with Gasteiger partial charge in [0.25, 0.3) is 0 Å². The van der Waals surface area contributed by atoms with Crippen molar-refractivity contribution in [2.45, 2.75) is 19.4 Å². The first kappa shape index (κ1) is 18.8. The summed E-state index contributed by atoms with van der Waals surface area (Å²) in [5.41, 5.74) is 5.02. The molecule has 2 heterocycles. The van der Waals surface area contributed by atoms with Crippen molar-refractivity contribution in [1.29, 1.82) is 0 Å². The molecule has 1 amide bonds. The summed E-state index contributed by atoms with van der Waals surface area (Å²) >= 11 is 0. The highest BCUT2D eigenvalue weighted by Crippen LogP contribution is 2.20. The molecule has 0 aromatic heterocycles. The predicted octanol–water partition coefficient (Wildman–Crippen LogP) is 2.83. The summed E-state index contributed by atoms with van der Waals surface area (Å²) < 4.78 is 0. The Morgan fingerprint density at radius 1 is 0.929 bits per heavy atom. The van der Waals surface area contributed by atoms with Gasteiger partial charge in [-0.15, -0.1) is 0 Å². The molecule has 5 heteroatoms. The zero-order chi connectivity index (χ0) is 19.3. The topological polar surface area (TPSA) is 38.8 Å². The van der Waals surface area contributed by atoms with E-state index in [4.69, 9.17) is 0 Å². The summed E-state index contributed by atoms with van der Waals surface area (Å²) in [6.07, 6.45) is 1.49. The minimum Gasteiger partial charge on any atom is -0.385 e. The number of fused-ring (bicyclic) bond motifs is 1. The van der Waals surface area contributed by atoms with Gasteiger partial charge in [-0.1, -0.05) is 24.3 Å². The van der Waals surface area contributed by atoms with Crippen LogP contribution in [-0.4, -0.2) is 62.0 Å². The highest BCUT2D eigenvalue weighted by Gasteiger charge is 2.19. The molecule has 148 valence electrons. The Kier molecular flexibility index (Phi) is 5.81. The van der Waals surface area contributed by atoms with Gasteiger partial charge in [-0.25, -0.2) is 0 Å². The molecule has 2 aromatic rings. The second-order valence-corrected chi connectivity index (χ2v) is 7.85. The van der Waals surface area contributed by atoms with Crippen molar-refractivity contribution in [2.24, 2.45) is 0 Å². The fourth-order valence-corrected chi connectivity index (χ4v) is 4.04. The van der Waals surface area contributed by atoms with Crippen molar-refractivity contribution in [1.82, 2.24) is 9.80 Å². The average Bonchev–Trinajstić information content (AvgIpc) is 2.74. The normalized spacial score (nSPS) is 17.3. The highest BCUT2D eigenvalue weighted by molar-refractivity contribution is 5.77. The van der Waals surface area contributed by atoms with Crippen LogP contribution in [0.15, 0.2) is 48.5 Å². The number of likely N-dealkylation sites (N-methyl/N-ethyl adjacent to an activating group) is 1. The zero-order valence-corrected chi connectivity index (χ0v) is 16.7. The smallest absolute Gasteiger partial charge is 0.224 e. The molecule has 0 bridgehead atoms. The first-order chi connectivity index (χ1) is 13.7. The molecule has 28 heavy (non-hydrogen) atoms. The summed E-state index contributed by atoms with van der Waals surface area (Å²) in [7, 11) is 2.17. The molecule has 0 spiro atoms. The van der Waals surface area contributed by atoms with Crippen LogP contribution in [0.3, 0.4) is 0 Å². The van der Waals surface area contributed by atoms with Gasteiger partial charge in [0.1, 0.15) is 0 Å². The number of anilines is 2. The van der Waals surface area contributed by atoms with Crippen molar-refractivity contribution in [3.05, 3.63) is 59.7 Å². The molecule has 1 N–H and O–H groups in total. The Bertz CT molecular complexity index is 797. The quantitative estimate of drug-likeness (QED) is 0.868. The SMILES string of the molecule is CN1CCN(c2ccc(NCCC(=O)N3CCc4ccccc4C3)cc2)CC1. The van der Waals surface area contributed by atoms with Crippen LogP contribution in [0.5, 0.6) is 0 Å². The summed E-state index contributed by atoms with van der Waals surface area (Å²) in [4.78, 5) is 19.3. The van der Waals surface area contributed by atoms with E-state index in [1.807, 2.05) is 4.90 Å². The molecule has 0 atom stereocenters. The van der Waals surface area contributed by atoms with Crippen molar-refractivity contribution in [2.75, 3.05) is 56.5 Å². The largest absolute Gasteiger partial charge is 0.385 e. The van der Waals surface area contributed by atoms with Crippen LogP contribution in [0.4, 0.5) is 11.4 Å². The predicted molar refractivity (Wildman–Crippen MR) is 115 cm³/mol. The van der Waals surface area contributed by atoms with E-state index in [0.717, 1.165) is 51.4 Å². The fourth-order valence-electron chi connectivity index (χ4n) is 4.04. The van der Waals surface area contributed by atoms with Gasteiger partial charge in [-0.2, -0.15) is 0 Å². The van der Waals surface area contributed by atoms with Crippen molar-refractivity contribution < 1.29 is 4.79 Å².